The molecule has 0 spiro atoms. The zero-order valence-corrected chi connectivity index (χ0v) is 14.0. The second-order valence-corrected chi connectivity index (χ2v) is 5.52. The van der Waals surface area contributed by atoms with Crippen molar-refractivity contribution in [1.29, 1.82) is 0 Å². The Morgan fingerprint density at radius 3 is 2.32 bits per heavy atom. The first kappa shape index (κ1) is 18.4. The number of hydrogen-bond donors (Lipinski definition) is 2. The topological polar surface area (TPSA) is 67.4 Å². The molecule has 2 amide bonds. The van der Waals surface area contributed by atoms with E-state index in [1.807, 2.05) is 0 Å². The number of unbranched alkanes of at least 4 members (excludes halogenated alkanes) is 1. The van der Waals surface area contributed by atoms with E-state index < -0.39 is 0 Å². The van der Waals surface area contributed by atoms with E-state index in [0.29, 0.717) is 30.2 Å². The van der Waals surface area contributed by atoms with Crippen LogP contribution in [0, 0.1) is 5.82 Å². The lowest BCUT2D eigenvalue weighted by molar-refractivity contribution is -0.114. The maximum absolute atomic E-state index is 12.8. The van der Waals surface area contributed by atoms with Crippen LogP contribution in [0.1, 0.15) is 30.1 Å². The minimum atomic E-state index is -0.292. The summed E-state index contributed by atoms with van der Waals surface area (Å²) in [7, 11) is 0. The zero-order chi connectivity index (χ0) is 18.1. The number of benzene rings is 2. The summed E-state index contributed by atoms with van der Waals surface area (Å²) in [6.45, 7) is 2.48. The van der Waals surface area contributed by atoms with Crippen LogP contribution in [0.5, 0.6) is 5.75 Å². The Hall–Kier alpha value is -2.89. The molecule has 0 bridgehead atoms. The third kappa shape index (κ3) is 6.63. The van der Waals surface area contributed by atoms with E-state index in [0.717, 1.165) is 12.8 Å². The lowest BCUT2D eigenvalue weighted by Gasteiger charge is -2.08. The lowest BCUT2D eigenvalue weighted by Crippen LogP contribution is -2.24. The summed E-state index contributed by atoms with van der Waals surface area (Å²) < 4.78 is 18.2. The van der Waals surface area contributed by atoms with Crippen LogP contribution < -0.4 is 15.4 Å². The number of amides is 2. The first-order chi connectivity index (χ1) is 12.0. The lowest BCUT2D eigenvalue weighted by atomic mass is 10.2. The van der Waals surface area contributed by atoms with Gasteiger partial charge in [-0.25, -0.2) is 4.39 Å². The Labute approximate surface area is 146 Å². The van der Waals surface area contributed by atoms with Crippen LogP contribution in [0.15, 0.2) is 48.5 Å². The third-order valence-electron chi connectivity index (χ3n) is 3.41. The van der Waals surface area contributed by atoms with Gasteiger partial charge in [0.1, 0.15) is 11.6 Å². The highest BCUT2D eigenvalue weighted by Gasteiger charge is 2.05. The molecule has 132 valence electrons. The summed E-state index contributed by atoms with van der Waals surface area (Å²) in [5.74, 6) is 0.0266. The Morgan fingerprint density at radius 2 is 1.68 bits per heavy atom. The Balaban J connectivity index is 1.63. The van der Waals surface area contributed by atoms with Gasteiger partial charge in [-0.05, 0) is 61.4 Å². The first-order valence-corrected chi connectivity index (χ1v) is 8.09. The van der Waals surface area contributed by atoms with Gasteiger partial charge in [0.05, 0.1) is 6.61 Å². The molecule has 0 atom stereocenters. The molecule has 0 saturated heterocycles. The summed E-state index contributed by atoms with van der Waals surface area (Å²) in [6.07, 6.45) is 1.55. The van der Waals surface area contributed by atoms with Crippen molar-refractivity contribution in [3.8, 4) is 5.75 Å². The molecule has 0 aromatic heterocycles. The fraction of sp³-hybridized carbons (Fsp3) is 0.263. The fourth-order valence-electron chi connectivity index (χ4n) is 2.16. The first-order valence-electron chi connectivity index (χ1n) is 8.09. The van der Waals surface area contributed by atoms with Gasteiger partial charge in [0, 0.05) is 24.7 Å². The zero-order valence-electron chi connectivity index (χ0n) is 14.0. The highest BCUT2D eigenvalue weighted by molar-refractivity contribution is 5.95. The summed E-state index contributed by atoms with van der Waals surface area (Å²) >= 11 is 0. The molecule has 2 rings (SSSR count). The molecule has 6 heteroatoms. The van der Waals surface area contributed by atoms with Crippen LogP contribution in [0.3, 0.4) is 0 Å². The highest BCUT2D eigenvalue weighted by Crippen LogP contribution is 2.11. The van der Waals surface area contributed by atoms with Gasteiger partial charge in [-0.1, -0.05) is 0 Å². The van der Waals surface area contributed by atoms with E-state index in [9.17, 15) is 14.0 Å². The van der Waals surface area contributed by atoms with Crippen molar-refractivity contribution in [2.24, 2.45) is 0 Å². The number of hydrogen-bond acceptors (Lipinski definition) is 3. The van der Waals surface area contributed by atoms with E-state index in [1.54, 1.807) is 36.4 Å². The molecule has 0 heterocycles. The van der Waals surface area contributed by atoms with E-state index in [4.69, 9.17) is 4.74 Å². The molecule has 2 aromatic carbocycles. The summed E-state index contributed by atoms with van der Waals surface area (Å²) in [5.41, 5.74) is 1.19. The number of halogens is 1. The smallest absolute Gasteiger partial charge is 0.251 e. The SMILES string of the molecule is CC(=O)Nc1ccc(C(=O)NCCCCOc2ccc(F)cc2)cc1. The predicted octanol–water partition coefficient (Wildman–Crippen LogP) is 3.37. The van der Waals surface area contributed by atoms with Gasteiger partial charge >= 0.3 is 0 Å². The molecule has 2 N–H and O–H groups in total. The summed E-state index contributed by atoms with van der Waals surface area (Å²) in [6, 6.07) is 12.6. The van der Waals surface area contributed by atoms with Crippen LogP contribution in [0.4, 0.5) is 10.1 Å². The molecule has 0 unspecified atom stereocenters. The van der Waals surface area contributed by atoms with Crippen molar-refractivity contribution in [3.05, 3.63) is 59.9 Å². The highest BCUT2D eigenvalue weighted by atomic mass is 19.1. The van der Waals surface area contributed by atoms with Crippen molar-refractivity contribution in [2.45, 2.75) is 19.8 Å². The molecule has 5 nitrogen and oxygen atoms in total. The number of rotatable bonds is 8. The van der Waals surface area contributed by atoms with E-state index in [2.05, 4.69) is 10.6 Å². The Bertz CT molecular complexity index is 700. The van der Waals surface area contributed by atoms with Crippen molar-refractivity contribution in [1.82, 2.24) is 5.32 Å². The minimum absolute atomic E-state index is 0.153. The second-order valence-electron chi connectivity index (χ2n) is 5.52. The van der Waals surface area contributed by atoms with E-state index in [1.165, 1.54) is 19.1 Å². The predicted molar refractivity (Wildman–Crippen MR) is 94.2 cm³/mol. The van der Waals surface area contributed by atoms with Crippen molar-refractivity contribution < 1.29 is 18.7 Å². The number of carbonyl (C=O) groups excluding carboxylic acids is 2. The maximum Gasteiger partial charge on any atom is 0.251 e. The molecular formula is C19H21FN2O3. The average Bonchev–Trinajstić information content (AvgIpc) is 2.59. The van der Waals surface area contributed by atoms with Crippen molar-refractivity contribution >= 4 is 17.5 Å². The van der Waals surface area contributed by atoms with Gasteiger partial charge in [-0.3, -0.25) is 9.59 Å². The molecule has 2 aromatic rings. The van der Waals surface area contributed by atoms with Gasteiger partial charge in [0.15, 0.2) is 0 Å². The average molecular weight is 344 g/mol. The third-order valence-corrected chi connectivity index (χ3v) is 3.41. The monoisotopic (exact) mass is 344 g/mol. The second kappa shape index (κ2) is 9.42. The van der Waals surface area contributed by atoms with E-state index >= 15 is 0 Å². The fourth-order valence-corrected chi connectivity index (χ4v) is 2.16. The number of anilines is 1. The van der Waals surface area contributed by atoms with Gasteiger partial charge in [0.25, 0.3) is 5.91 Å². The normalized spacial score (nSPS) is 10.2. The minimum Gasteiger partial charge on any atom is -0.494 e. The van der Waals surface area contributed by atoms with Crippen LogP contribution in [0.25, 0.3) is 0 Å². The molecule has 0 fully saturated rings. The molecule has 25 heavy (non-hydrogen) atoms. The van der Waals surface area contributed by atoms with Crippen LogP contribution in [-0.4, -0.2) is 25.0 Å². The molecule has 0 aliphatic carbocycles. The van der Waals surface area contributed by atoms with Crippen LogP contribution in [0.2, 0.25) is 0 Å². The van der Waals surface area contributed by atoms with Crippen LogP contribution >= 0.6 is 0 Å². The quantitative estimate of drug-likeness (QED) is 0.722. The number of ether oxygens (including phenoxy) is 1. The molecule has 0 radical (unpaired) electrons. The molecule has 0 aliphatic rings. The van der Waals surface area contributed by atoms with Gasteiger partial charge in [-0.2, -0.15) is 0 Å². The number of nitrogens with one attached hydrogen (secondary N) is 2. The summed E-state index contributed by atoms with van der Waals surface area (Å²) in [5, 5.41) is 5.48. The number of carbonyl (C=O) groups is 2. The maximum atomic E-state index is 12.8. The summed E-state index contributed by atoms with van der Waals surface area (Å²) in [4.78, 5) is 22.9. The van der Waals surface area contributed by atoms with Gasteiger partial charge in [0.2, 0.25) is 5.91 Å². The largest absolute Gasteiger partial charge is 0.494 e. The Morgan fingerprint density at radius 1 is 1.00 bits per heavy atom. The van der Waals surface area contributed by atoms with Gasteiger partial charge in [-0.15, -0.1) is 0 Å². The molecule has 0 saturated carbocycles. The molecular weight excluding hydrogens is 323 g/mol. The van der Waals surface area contributed by atoms with Crippen molar-refractivity contribution in [3.63, 3.8) is 0 Å². The standard InChI is InChI=1S/C19H21FN2O3/c1-14(23)22-17-8-4-15(5-9-17)19(24)21-12-2-3-13-25-18-10-6-16(20)7-11-18/h4-11H,2-3,12-13H2,1H3,(H,21,24)(H,22,23). The Kier molecular flexibility index (Phi) is 6.95. The van der Waals surface area contributed by atoms with Gasteiger partial charge < -0.3 is 15.4 Å². The molecule has 0 aliphatic heterocycles. The van der Waals surface area contributed by atoms with Crippen molar-refractivity contribution in [2.75, 3.05) is 18.5 Å². The van der Waals surface area contributed by atoms with E-state index in [-0.39, 0.29) is 17.6 Å². The van der Waals surface area contributed by atoms with Crippen LogP contribution in [-0.2, 0) is 4.79 Å².